The summed E-state index contributed by atoms with van der Waals surface area (Å²) < 4.78 is 5.50. The molecule has 0 aliphatic rings. The van der Waals surface area contributed by atoms with Crippen molar-refractivity contribution < 1.29 is 14.6 Å². The molecule has 0 spiro atoms. The highest BCUT2D eigenvalue weighted by atomic mass is 16.5. The van der Waals surface area contributed by atoms with Crippen molar-refractivity contribution in [1.29, 1.82) is 0 Å². The fraction of sp³-hybridized carbons (Fsp3) is 0.588. The quantitative estimate of drug-likeness (QED) is 0.735. The standard InChI is InChI=1S/C17H27NO3/c1-4-14-8-7-9-15(10-14)21-11-16(20)18-12-17(5-2,6-3)13-19/h7-10,19H,4-6,11-13H2,1-3H3,(H,18,20). The molecule has 0 unspecified atom stereocenters. The predicted octanol–water partition coefficient (Wildman–Crippen LogP) is 2.54. The second-order valence-corrected chi connectivity index (χ2v) is 5.43. The topological polar surface area (TPSA) is 58.6 Å². The Morgan fingerprint density at radius 3 is 2.57 bits per heavy atom. The van der Waals surface area contributed by atoms with E-state index in [0.717, 1.165) is 19.3 Å². The van der Waals surface area contributed by atoms with Crippen molar-refractivity contribution in [1.82, 2.24) is 5.32 Å². The maximum atomic E-state index is 11.8. The summed E-state index contributed by atoms with van der Waals surface area (Å²) in [6.07, 6.45) is 2.61. The molecule has 0 fully saturated rings. The molecule has 4 nitrogen and oxygen atoms in total. The van der Waals surface area contributed by atoms with E-state index in [2.05, 4.69) is 12.2 Å². The van der Waals surface area contributed by atoms with Gasteiger partial charge in [-0.05, 0) is 37.0 Å². The molecular formula is C17H27NO3. The first-order valence-corrected chi connectivity index (χ1v) is 7.68. The first kappa shape index (κ1) is 17.5. The Hall–Kier alpha value is -1.55. The summed E-state index contributed by atoms with van der Waals surface area (Å²) in [6, 6.07) is 7.76. The molecule has 1 amide bonds. The van der Waals surface area contributed by atoms with Gasteiger partial charge in [0, 0.05) is 12.0 Å². The first-order valence-electron chi connectivity index (χ1n) is 7.68. The van der Waals surface area contributed by atoms with E-state index in [4.69, 9.17) is 4.74 Å². The maximum Gasteiger partial charge on any atom is 0.257 e. The number of benzene rings is 1. The van der Waals surface area contributed by atoms with Crippen LogP contribution in [0.25, 0.3) is 0 Å². The smallest absolute Gasteiger partial charge is 0.257 e. The number of ether oxygens (including phenoxy) is 1. The molecule has 1 rings (SSSR count). The number of hydrogen-bond acceptors (Lipinski definition) is 3. The summed E-state index contributed by atoms with van der Waals surface area (Å²) in [5, 5.41) is 12.3. The van der Waals surface area contributed by atoms with Crippen LogP contribution in [0.2, 0.25) is 0 Å². The molecule has 0 saturated carbocycles. The zero-order chi connectivity index (χ0) is 15.7. The van der Waals surface area contributed by atoms with Crippen LogP contribution >= 0.6 is 0 Å². The molecule has 1 aromatic rings. The monoisotopic (exact) mass is 293 g/mol. The molecule has 2 N–H and O–H groups in total. The SMILES string of the molecule is CCc1cccc(OCC(=O)NCC(CC)(CC)CO)c1. The number of nitrogens with one attached hydrogen (secondary N) is 1. The van der Waals surface area contributed by atoms with Crippen LogP contribution in [0.1, 0.15) is 39.2 Å². The molecule has 0 aliphatic heterocycles. The Morgan fingerprint density at radius 1 is 1.29 bits per heavy atom. The molecular weight excluding hydrogens is 266 g/mol. The van der Waals surface area contributed by atoms with Gasteiger partial charge >= 0.3 is 0 Å². The van der Waals surface area contributed by atoms with Crippen molar-refractivity contribution in [2.75, 3.05) is 19.8 Å². The number of aryl methyl sites for hydroxylation is 1. The van der Waals surface area contributed by atoms with Gasteiger partial charge in [-0.2, -0.15) is 0 Å². The van der Waals surface area contributed by atoms with Crippen molar-refractivity contribution >= 4 is 5.91 Å². The van der Waals surface area contributed by atoms with E-state index in [1.807, 2.05) is 38.1 Å². The third-order valence-electron chi connectivity index (χ3n) is 4.17. The summed E-state index contributed by atoms with van der Waals surface area (Å²) in [5.74, 6) is 0.556. The van der Waals surface area contributed by atoms with Crippen molar-refractivity contribution in [2.24, 2.45) is 5.41 Å². The maximum absolute atomic E-state index is 11.8. The van der Waals surface area contributed by atoms with E-state index in [1.54, 1.807) is 0 Å². The van der Waals surface area contributed by atoms with Crippen LogP contribution in [0.3, 0.4) is 0 Å². The zero-order valence-corrected chi connectivity index (χ0v) is 13.3. The molecule has 0 atom stereocenters. The van der Waals surface area contributed by atoms with E-state index in [0.29, 0.717) is 12.3 Å². The lowest BCUT2D eigenvalue weighted by molar-refractivity contribution is -0.123. The molecule has 0 heterocycles. The third kappa shape index (κ3) is 5.38. The van der Waals surface area contributed by atoms with Crippen LogP contribution in [0, 0.1) is 5.41 Å². The number of rotatable bonds is 9. The zero-order valence-electron chi connectivity index (χ0n) is 13.3. The van der Waals surface area contributed by atoms with Crippen LogP contribution in [-0.4, -0.2) is 30.8 Å². The van der Waals surface area contributed by atoms with E-state index in [-0.39, 0.29) is 24.5 Å². The lowest BCUT2D eigenvalue weighted by Gasteiger charge is -2.29. The van der Waals surface area contributed by atoms with E-state index >= 15 is 0 Å². The van der Waals surface area contributed by atoms with Crippen molar-refractivity contribution in [3.8, 4) is 5.75 Å². The lowest BCUT2D eigenvalue weighted by atomic mass is 9.83. The van der Waals surface area contributed by atoms with E-state index in [9.17, 15) is 9.90 Å². The summed E-state index contributed by atoms with van der Waals surface area (Å²) in [5.41, 5.74) is 0.960. The van der Waals surface area contributed by atoms with Gasteiger partial charge < -0.3 is 15.2 Å². The second kappa shape index (κ2) is 8.67. The number of aliphatic hydroxyl groups excluding tert-OH is 1. The largest absolute Gasteiger partial charge is 0.484 e. The van der Waals surface area contributed by atoms with Gasteiger partial charge in [-0.25, -0.2) is 0 Å². The average molecular weight is 293 g/mol. The van der Waals surface area contributed by atoms with Gasteiger partial charge in [-0.15, -0.1) is 0 Å². The lowest BCUT2D eigenvalue weighted by Crippen LogP contribution is -2.41. The first-order chi connectivity index (χ1) is 10.1. The minimum Gasteiger partial charge on any atom is -0.484 e. The summed E-state index contributed by atoms with van der Waals surface area (Å²) in [6.45, 7) is 6.70. The fourth-order valence-electron chi connectivity index (χ4n) is 2.12. The molecule has 118 valence electrons. The van der Waals surface area contributed by atoms with Gasteiger partial charge in [0.2, 0.25) is 0 Å². The normalized spacial score (nSPS) is 11.2. The molecule has 0 radical (unpaired) electrons. The van der Waals surface area contributed by atoms with Crippen LogP contribution in [0.5, 0.6) is 5.75 Å². The Balaban J connectivity index is 2.43. The highest BCUT2D eigenvalue weighted by molar-refractivity contribution is 5.77. The van der Waals surface area contributed by atoms with Gasteiger partial charge in [0.25, 0.3) is 5.91 Å². The number of hydrogen-bond donors (Lipinski definition) is 2. The van der Waals surface area contributed by atoms with Crippen molar-refractivity contribution in [3.05, 3.63) is 29.8 Å². The molecule has 0 aromatic heterocycles. The minimum absolute atomic E-state index is 0.00209. The number of aliphatic hydroxyl groups is 1. The Morgan fingerprint density at radius 2 is 2.00 bits per heavy atom. The van der Waals surface area contributed by atoms with E-state index in [1.165, 1.54) is 5.56 Å². The summed E-state index contributed by atoms with van der Waals surface area (Å²) in [4.78, 5) is 11.8. The predicted molar refractivity (Wildman–Crippen MR) is 84.4 cm³/mol. The molecule has 21 heavy (non-hydrogen) atoms. The van der Waals surface area contributed by atoms with Crippen LogP contribution in [0.4, 0.5) is 0 Å². The van der Waals surface area contributed by atoms with Crippen molar-refractivity contribution in [3.63, 3.8) is 0 Å². The highest BCUT2D eigenvalue weighted by Gasteiger charge is 2.25. The Kier molecular flexibility index (Phi) is 7.23. The number of amides is 1. The number of carbonyl (C=O) groups excluding carboxylic acids is 1. The molecule has 4 heteroatoms. The molecule has 0 saturated heterocycles. The minimum atomic E-state index is -0.224. The Labute approximate surface area is 127 Å². The summed E-state index contributed by atoms with van der Waals surface area (Å²) >= 11 is 0. The molecule has 1 aromatic carbocycles. The number of carbonyl (C=O) groups is 1. The van der Waals surface area contributed by atoms with Gasteiger partial charge in [0.05, 0.1) is 6.61 Å². The van der Waals surface area contributed by atoms with Crippen LogP contribution < -0.4 is 10.1 Å². The average Bonchev–Trinajstić information content (AvgIpc) is 2.55. The van der Waals surface area contributed by atoms with Crippen molar-refractivity contribution in [2.45, 2.75) is 40.0 Å². The molecule has 0 aliphatic carbocycles. The van der Waals surface area contributed by atoms with Gasteiger partial charge in [0.15, 0.2) is 6.61 Å². The van der Waals surface area contributed by atoms with Gasteiger partial charge in [-0.3, -0.25) is 4.79 Å². The van der Waals surface area contributed by atoms with Gasteiger partial charge in [0.1, 0.15) is 5.75 Å². The van der Waals surface area contributed by atoms with Gasteiger partial charge in [-0.1, -0.05) is 32.9 Å². The molecule has 0 bridgehead atoms. The highest BCUT2D eigenvalue weighted by Crippen LogP contribution is 2.24. The van der Waals surface area contributed by atoms with Crippen LogP contribution in [0.15, 0.2) is 24.3 Å². The van der Waals surface area contributed by atoms with Crippen LogP contribution in [-0.2, 0) is 11.2 Å². The summed E-state index contributed by atoms with van der Waals surface area (Å²) in [7, 11) is 0. The fourth-order valence-corrected chi connectivity index (χ4v) is 2.12. The van der Waals surface area contributed by atoms with E-state index < -0.39 is 0 Å². The Bertz CT molecular complexity index is 433. The second-order valence-electron chi connectivity index (χ2n) is 5.43. The third-order valence-corrected chi connectivity index (χ3v) is 4.17.